The molecule has 0 saturated carbocycles. The van der Waals surface area contributed by atoms with Crippen molar-refractivity contribution in [3.8, 4) is 0 Å². The number of rotatable bonds is 5. The molecule has 0 aliphatic rings. The summed E-state index contributed by atoms with van der Waals surface area (Å²) in [6.45, 7) is 2.12. The van der Waals surface area contributed by atoms with Crippen LogP contribution in [0.15, 0.2) is 46.9 Å². The van der Waals surface area contributed by atoms with E-state index in [1.54, 1.807) is 6.07 Å². The zero-order chi connectivity index (χ0) is 14.5. The molecule has 2 aromatic carbocycles. The van der Waals surface area contributed by atoms with E-state index in [9.17, 15) is 4.39 Å². The summed E-state index contributed by atoms with van der Waals surface area (Å²) in [5.41, 5.74) is 6.17. The first-order chi connectivity index (χ1) is 9.63. The zero-order valence-corrected chi connectivity index (χ0v) is 13.0. The fourth-order valence-electron chi connectivity index (χ4n) is 2.42. The van der Waals surface area contributed by atoms with Gasteiger partial charge in [0, 0.05) is 4.47 Å². The van der Waals surface area contributed by atoms with Gasteiger partial charge in [-0.25, -0.2) is 4.39 Å². The van der Waals surface area contributed by atoms with E-state index >= 15 is 0 Å². The minimum Gasteiger partial charge on any atom is -0.271 e. The molecule has 1 atom stereocenters. The highest BCUT2D eigenvalue weighted by atomic mass is 79.9. The molecule has 106 valence electrons. The van der Waals surface area contributed by atoms with E-state index in [0.29, 0.717) is 6.42 Å². The van der Waals surface area contributed by atoms with Crippen LogP contribution < -0.4 is 11.3 Å². The number of benzene rings is 2. The second kappa shape index (κ2) is 6.97. The van der Waals surface area contributed by atoms with Gasteiger partial charge in [-0.15, -0.1) is 0 Å². The molecule has 20 heavy (non-hydrogen) atoms. The standard InChI is InChI=1S/C16H18BrFN2/c1-2-12-5-3-4-6-15(12)16(20-19)9-11-7-13(17)10-14(18)8-11/h3-8,10,16,20H,2,9,19H2,1H3. The van der Waals surface area contributed by atoms with Crippen LogP contribution in [-0.4, -0.2) is 0 Å². The van der Waals surface area contributed by atoms with E-state index in [-0.39, 0.29) is 11.9 Å². The monoisotopic (exact) mass is 336 g/mol. The maximum Gasteiger partial charge on any atom is 0.124 e. The van der Waals surface area contributed by atoms with Gasteiger partial charge in [0.15, 0.2) is 0 Å². The van der Waals surface area contributed by atoms with Gasteiger partial charge in [-0.3, -0.25) is 11.3 Å². The number of halogens is 2. The zero-order valence-electron chi connectivity index (χ0n) is 11.4. The maximum absolute atomic E-state index is 13.4. The molecule has 2 aromatic rings. The van der Waals surface area contributed by atoms with E-state index in [0.717, 1.165) is 22.0 Å². The molecule has 3 N–H and O–H groups in total. The van der Waals surface area contributed by atoms with Crippen molar-refractivity contribution in [2.75, 3.05) is 0 Å². The minimum absolute atomic E-state index is 0.0279. The van der Waals surface area contributed by atoms with Crippen molar-refractivity contribution in [2.24, 2.45) is 5.84 Å². The third kappa shape index (κ3) is 3.66. The molecule has 0 fully saturated rings. The molecule has 0 radical (unpaired) electrons. The number of hydrogen-bond acceptors (Lipinski definition) is 2. The lowest BCUT2D eigenvalue weighted by Crippen LogP contribution is -2.30. The molecule has 0 aliphatic carbocycles. The highest BCUT2D eigenvalue weighted by molar-refractivity contribution is 9.10. The molecule has 2 nitrogen and oxygen atoms in total. The lowest BCUT2D eigenvalue weighted by molar-refractivity contribution is 0.544. The Balaban J connectivity index is 2.28. The van der Waals surface area contributed by atoms with Crippen LogP contribution in [0.25, 0.3) is 0 Å². The van der Waals surface area contributed by atoms with Crippen LogP contribution in [0.5, 0.6) is 0 Å². The lowest BCUT2D eigenvalue weighted by atomic mass is 9.94. The summed E-state index contributed by atoms with van der Waals surface area (Å²) in [7, 11) is 0. The van der Waals surface area contributed by atoms with Crippen molar-refractivity contribution in [1.82, 2.24) is 5.43 Å². The van der Waals surface area contributed by atoms with E-state index in [2.05, 4.69) is 40.4 Å². The Labute approximate surface area is 127 Å². The highest BCUT2D eigenvalue weighted by Crippen LogP contribution is 2.24. The van der Waals surface area contributed by atoms with Gasteiger partial charge in [-0.1, -0.05) is 47.1 Å². The van der Waals surface area contributed by atoms with Crippen molar-refractivity contribution in [1.29, 1.82) is 0 Å². The topological polar surface area (TPSA) is 38.0 Å². The van der Waals surface area contributed by atoms with Gasteiger partial charge in [0.25, 0.3) is 0 Å². The summed E-state index contributed by atoms with van der Waals surface area (Å²) < 4.78 is 14.2. The van der Waals surface area contributed by atoms with E-state index in [1.165, 1.54) is 11.6 Å². The Morgan fingerprint density at radius 1 is 1.25 bits per heavy atom. The first kappa shape index (κ1) is 15.2. The maximum atomic E-state index is 13.4. The van der Waals surface area contributed by atoms with Gasteiger partial charge in [0.1, 0.15) is 5.82 Å². The Morgan fingerprint density at radius 2 is 2.00 bits per heavy atom. The normalized spacial score (nSPS) is 12.4. The molecular formula is C16H18BrFN2. The first-order valence-corrected chi connectivity index (χ1v) is 7.42. The summed E-state index contributed by atoms with van der Waals surface area (Å²) in [4.78, 5) is 0. The van der Waals surface area contributed by atoms with Crippen molar-refractivity contribution < 1.29 is 4.39 Å². The molecule has 2 rings (SSSR count). The van der Waals surface area contributed by atoms with Gasteiger partial charge in [-0.05, 0) is 47.7 Å². The minimum atomic E-state index is -0.242. The van der Waals surface area contributed by atoms with Crippen LogP contribution in [-0.2, 0) is 12.8 Å². The number of hydrazine groups is 1. The van der Waals surface area contributed by atoms with E-state index in [4.69, 9.17) is 5.84 Å². The van der Waals surface area contributed by atoms with Gasteiger partial charge in [0.2, 0.25) is 0 Å². The fourth-order valence-corrected chi connectivity index (χ4v) is 2.93. The molecule has 0 saturated heterocycles. The smallest absolute Gasteiger partial charge is 0.124 e. The van der Waals surface area contributed by atoms with Gasteiger partial charge < -0.3 is 0 Å². The predicted molar refractivity (Wildman–Crippen MR) is 83.7 cm³/mol. The van der Waals surface area contributed by atoms with E-state index < -0.39 is 0 Å². The Kier molecular flexibility index (Phi) is 5.29. The average Bonchev–Trinajstić information content (AvgIpc) is 2.43. The van der Waals surface area contributed by atoms with Crippen molar-refractivity contribution in [3.05, 3.63) is 69.4 Å². The largest absolute Gasteiger partial charge is 0.271 e. The predicted octanol–water partition coefficient (Wildman–Crippen LogP) is 3.90. The number of nitrogens with two attached hydrogens (primary N) is 1. The number of aryl methyl sites for hydroxylation is 1. The van der Waals surface area contributed by atoms with Crippen molar-refractivity contribution >= 4 is 15.9 Å². The van der Waals surface area contributed by atoms with Gasteiger partial charge >= 0.3 is 0 Å². The molecule has 4 heteroatoms. The van der Waals surface area contributed by atoms with Crippen LogP contribution in [0, 0.1) is 5.82 Å². The summed E-state index contributed by atoms with van der Waals surface area (Å²) >= 11 is 3.32. The molecule has 0 aromatic heterocycles. The molecule has 1 unspecified atom stereocenters. The summed E-state index contributed by atoms with van der Waals surface area (Å²) in [6, 6.07) is 13.1. The lowest BCUT2D eigenvalue weighted by Gasteiger charge is -2.19. The van der Waals surface area contributed by atoms with Crippen molar-refractivity contribution in [3.63, 3.8) is 0 Å². The van der Waals surface area contributed by atoms with Gasteiger partial charge in [0.05, 0.1) is 6.04 Å². The van der Waals surface area contributed by atoms with Crippen molar-refractivity contribution in [2.45, 2.75) is 25.8 Å². The average molecular weight is 337 g/mol. The molecule has 0 amide bonds. The Bertz CT molecular complexity index is 566. The fraction of sp³-hybridized carbons (Fsp3) is 0.250. The molecule has 0 spiro atoms. The second-order valence-electron chi connectivity index (χ2n) is 4.75. The van der Waals surface area contributed by atoms with Crippen LogP contribution in [0.3, 0.4) is 0 Å². The molecular weight excluding hydrogens is 319 g/mol. The van der Waals surface area contributed by atoms with Crippen LogP contribution >= 0.6 is 15.9 Å². The quantitative estimate of drug-likeness (QED) is 0.642. The first-order valence-electron chi connectivity index (χ1n) is 6.63. The van der Waals surface area contributed by atoms with Crippen LogP contribution in [0.2, 0.25) is 0 Å². The van der Waals surface area contributed by atoms with Crippen LogP contribution in [0.4, 0.5) is 4.39 Å². The van der Waals surface area contributed by atoms with Crippen LogP contribution in [0.1, 0.15) is 29.7 Å². The Hall–Kier alpha value is -1.23. The SMILES string of the molecule is CCc1ccccc1C(Cc1cc(F)cc(Br)c1)NN. The third-order valence-electron chi connectivity index (χ3n) is 3.37. The van der Waals surface area contributed by atoms with E-state index in [1.807, 2.05) is 18.2 Å². The number of hydrogen-bond donors (Lipinski definition) is 2. The molecule has 0 bridgehead atoms. The molecule has 0 heterocycles. The summed E-state index contributed by atoms with van der Waals surface area (Å²) in [6.07, 6.45) is 1.59. The Morgan fingerprint density at radius 3 is 2.65 bits per heavy atom. The second-order valence-corrected chi connectivity index (χ2v) is 5.67. The summed E-state index contributed by atoms with van der Waals surface area (Å²) in [5.74, 6) is 5.46. The third-order valence-corrected chi connectivity index (χ3v) is 3.83. The highest BCUT2D eigenvalue weighted by Gasteiger charge is 2.14. The summed E-state index contributed by atoms with van der Waals surface area (Å²) in [5, 5.41) is 0. The van der Waals surface area contributed by atoms with Gasteiger partial charge in [-0.2, -0.15) is 0 Å². The number of nitrogens with one attached hydrogen (secondary N) is 1. The molecule has 0 aliphatic heterocycles.